The monoisotopic (exact) mass is 553 g/mol. The van der Waals surface area contributed by atoms with Crippen molar-refractivity contribution in [2.24, 2.45) is 5.92 Å². The number of ether oxygens (including phenoxy) is 1. The van der Waals surface area contributed by atoms with Crippen LogP contribution in [0.2, 0.25) is 0 Å². The van der Waals surface area contributed by atoms with Gasteiger partial charge in [0.2, 0.25) is 0 Å². The number of anilines is 1. The van der Waals surface area contributed by atoms with Crippen molar-refractivity contribution in [1.29, 1.82) is 0 Å². The lowest BCUT2D eigenvalue weighted by molar-refractivity contribution is 0.0937. The predicted octanol–water partition coefficient (Wildman–Crippen LogP) is 6.10. The van der Waals surface area contributed by atoms with Crippen LogP contribution in [0.1, 0.15) is 53.1 Å². The SMILES string of the molecule is CC(C)COc1ccc(Br)cc1C(=O)NC(=S)Nc1cccc(C(=O)NC(C)c2ccccc2)c1. The third kappa shape index (κ3) is 7.90. The molecule has 182 valence electrons. The van der Waals surface area contributed by atoms with Gasteiger partial charge in [-0.25, -0.2) is 0 Å². The first-order valence-electron chi connectivity index (χ1n) is 11.2. The Hall–Kier alpha value is -3.23. The van der Waals surface area contributed by atoms with Gasteiger partial charge < -0.3 is 15.4 Å². The lowest BCUT2D eigenvalue weighted by Crippen LogP contribution is -2.34. The molecule has 0 saturated heterocycles. The Morgan fingerprint density at radius 3 is 2.40 bits per heavy atom. The number of rotatable bonds is 8. The summed E-state index contributed by atoms with van der Waals surface area (Å²) in [6.45, 7) is 6.49. The molecule has 6 nitrogen and oxygen atoms in total. The largest absolute Gasteiger partial charge is 0.492 e. The van der Waals surface area contributed by atoms with Crippen molar-refractivity contribution in [2.75, 3.05) is 11.9 Å². The molecule has 3 rings (SSSR count). The Morgan fingerprint density at radius 2 is 1.69 bits per heavy atom. The molecule has 0 bridgehead atoms. The Labute approximate surface area is 219 Å². The summed E-state index contributed by atoms with van der Waals surface area (Å²) >= 11 is 8.74. The average Bonchev–Trinajstić information content (AvgIpc) is 2.83. The number of carbonyl (C=O) groups excluding carboxylic acids is 2. The van der Waals surface area contributed by atoms with Crippen LogP contribution >= 0.6 is 28.1 Å². The van der Waals surface area contributed by atoms with Crippen LogP contribution in [0.15, 0.2) is 77.3 Å². The highest BCUT2D eigenvalue weighted by Crippen LogP contribution is 2.24. The van der Waals surface area contributed by atoms with Gasteiger partial charge in [-0.05, 0) is 67.0 Å². The lowest BCUT2D eigenvalue weighted by atomic mass is 10.1. The fourth-order valence-corrected chi connectivity index (χ4v) is 3.81. The van der Waals surface area contributed by atoms with Crippen molar-refractivity contribution in [1.82, 2.24) is 10.6 Å². The normalized spacial score (nSPS) is 11.5. The van der Waals surface area contributed by atoms with Gasteiger partial charge in [-0.15, -0.1) is 0 Å². The van der Waals surface area contributed by atoms with E-state index in [0.29, 0.717) is 35.1 Å². The molecule has 0 saturated carbocycles. The quantitative estimate of drug-likeness (QED) is 0.293. The number of thiocarbonyl (C=S) groups is 1. The van der Waals surface area contributed by atoms with Crippen LogP contribution in [0.5, 0.6) is 5.75 Å². The molecule has 0 heterocycles. The third-order valence-electron chi connectivity index (χ3n) is 5.02. The molecule has 1 unspecified atom stereocenters. The number of hydrogen-bond acceptors (Lipinski definition) is 4. The van der Waals surface area contributed by atoms with Gasteiger partial charge in [0, 0.05) is 15.7 Å². The molecule has 0 spiro atoms. The van der Waals surface area contributed by atoms with Crippen molar-refractivity contribution in [3.8, 4) is 5.75 Å². The van der Waals surface area contributed by atoms with E-state index in [1.54, 1.807) is 36.4 Å². The number of benzene rings is 3. The van der Waals surface area contributed by atoms with Crippen LogP contribution < -0.4 is 20.7 Å². The molecule has 0 fully saturated rings. The predicted molar refractivity (Wildman–Crippen MR) is 147 cm³/mol. The summed E-state index contributed by atoms with van der Waals surface area (Å²) in [4.78, 5) is 25.6. The van der Waals surface area contributed by atoms with E-state index in [1.165, 1.54) is 0 Å². The zero-order chi connectivity index (χ0) is 25.4. The number of halogens is 1. The number of carbonyl (C=O) groups is 2. The maximum Gasteiger partial charge on any atom is 0.261 e. The Kier molecular flexibility index (Phi) is 9.39. The number of nitrogens with one attached hydrogen (secondary N) is 3. The van der Waals surface area contributed by atoms with E-state index in [2.05, 4.69) is 31.9 Å². The summed E-state index contributed by atoms with van der Waals surface area (Å²) in [5, 5.41) is 8.76. The van der Waals surface area contributed by atoms with Crippen LogP contribution in [0.4, 0.5) is 5.69 Å². The molecule has 35 heavy (non-hydrogen) atoms. The summed E-state index contributed by atoms with van der Waals surface area (Å²) in [6, 6.07) is 21.8. The third-order valence-corrected chi connectivity index (χ3v) is 5.71. The first-order valence-corrected chi connectivity index (χ1v) is 12.4. The molecule has 0 aromatic heterocycles. The molecule has 1 atom stereocenters. The smallest absolute Gasteiger partial charge is 0.261 e. The minimum atomic E-state index is -0.395. The van der Waals surface area contributed by atoms with Gasteiger partial charge in [0.05, 0.1) is 18.2 Å². The van der Waals surface area contributed by atoms with E-state index >= 15 is 0 Å². The molecule has 2 amide bonds. The van der Waals surface area contributed by atoms with Crippen molar-refractivity contribution in [3.63, 3.8) is 0 Å². The highest BCUT2D eigenvalue weighted by atomic mass is 79.9. The Morgan fingerprint density at radius 1 is 0.943 bits per heavy atom. The van der Waals surface area contributed by atoms with E-state index in [-0.39, 0.29) is 17.1 Å². The van der Waals surface area contributed by atoms with E-state index in [1.807, 2.05) is 57.2 Å². The lowest BCUT2D eigenvalue weighted by Gasteiger charge is -2.16. The van der Waals surface area contributed by atoms with E-state index < -0.39 is 5.91 Å². The van der Waals surface area contributed by atoms with Crippen LogP contribution in [0.3, 0.4) is 0 Å². The first kappa shape index (κ1) is 26.4. The Bertz CT molecular complexity index is 1200. The molecule has 0 aliphatic rings. The Balaban J connectivity index is 1.64. The van der Waals surface area contributed by atoms with Gasteiger partial charge in [-0.2, -0.15) is 0 Å². The van der Waals surface area contributed by atoms with E-state index in [0.717, 1.165) is 10.0 Å². The highest BCUT2D eigenvalue weighted by molar-refractivity contribution is 9.10. The van der Waals surface area contributed by atoms with Crippen molar-refractivity contribution >= 4 is 50.8 Å². The summed E-state index contributed by atoms with van der Waals surface area (Å²) < 4.78 is 6.54. The van der Waals surface area contributed by atoms with Gasteiger partial charge in [0.15, 0.2) is 5.11 Å². The zero-order valence-corrected chi connectivity index (χ0v) is 22.2. The molecule has 3 aromatic rings. The molecule has 3 aromatic carbocycles. The van der Waals surface area contributed by atoms with E-state index in [4.69, 9.17) is 17.0 Å². The molecular formula is C27H28BrN3O3S. The van der Waals surface area contributed by atoms with E-state index in [9.17, 15) is 9.59 Å². The van der Waals surface area contributed by atoms with Crippen molar-refractivity contribution < 1.29 is 14.3 Å². The molecule has 0 aliphatic heterocycles. The molecule has 0 radical (unpaired) electrons. The minimum absolute atomic E-state index is 0.111. The highest BCUT2D eigenvalue weighted by Gasteiger charge is 2.16. The number of amides is 2. The summed E-state index contributed by atoms with van der Waals surface area (Å²) in [5.41, 5.74) is 2.44. The molecule has 3 N–H and O–H groups in total. The van der Waals surface area contributed by atoms with Crippen LogP contribution in [-0.2, 0) is 0 Å². The molecular weight excluding hydrogens is 526 g/mol. The maximum atomic E-state index is 12.9. The summed E-state index contributed by atoms with van der Waals surface area (Å²) in [6.07, 6.45) is 0. The molecule has 0 aliphatic carbocycles. The molecule has 8 heteroatoms. The van der Waals surface area contributed by atoms with Crippen LogP contribution in [-0.4, -0.2) is 23.5 Å². The standard InChI is InChI=1S/C27H28BrN3O3S/c1-17(2)16-34-24-13-12-21(28)15-23(24)26(33)31-27(35)30-22-11-7-10-20(14-22)25(32)29-18(3)19-8-5-4-6-9-19/h4-15,17-18H,16H2,1-3H3,(H,29,32)(H2,30,31,33,35). The van der Waals surface area contributed by atoms with Gasteiger partial charge >= 0.3 is 0 Å². The number of hydrogen-bond donors (Lipinski definition) is 3. The van der Waals surface area contributed by atoms with Gasteiger partial charge in [-0.1, -0.05) is 66.2 Å². The van der Waals surface area contributed by atoms with Gasteiger partial charge in [0.25, 0.3) is 11.8 Å². The second-order valence-electron chi connectivity index (χ2n) is 8.44. The summed E-state index contributed by atoms with van der Waals surface area (Å²) in [7, 11) is 0. The topological polar surface area (TPSA) is 79.5 Å². The fourth-order valence-electron chi connectivity index (χ4n) is 3.24. The zero-order valence-electron chi connectivity index (χ0n) is 19.8. The van der Waals surface area contributed by atoms with Crippen molar-refractivity contribution in [3.05, 3.63) is 94.0 Å². The fraction of sp³-hybridized carbons (Fsp3) is 0.222. The second kappa shape index (κ2) is 12.5. The first-order chi connectivity index (χ1) is 16.7. The van der Waals surface area contributed by atoms with Crippen LogP contribution in [0, 0.1) is 5.92 Å². The van der Waals surface area contributed by atoms with Gasteiger partial charge in [0.1, 0.15) is 5.75 Å². The second-order valence-corrected chi connectivity index (χ2v) is 9.76. The van der Waals surface area contributed by atoms with Crippen LogP contribution in [0.25, 0.3) is 0 Å². The maximum absolute atomic E-state index is 12.9. The minimum Gasteiger partial charge on any atom is -0.492 e. The van der Waals surface area contributed by atoms with Gasteiger partial charge in [-0.3, -0.25) is 14.9 Å². The summed E-state index contributed by atoms with van der Waals surface area (Å²) in [5.74, 6) is 0.194. The van der Waals surface area contributed by atoms with Crippen molar-refractivity contribution in [2.45, 2.75) is 26.8 Å². The average molecular weight is 555 g/mol.